The van der Waals surface area contributed by atoms with Crippen LogP contribution in [0.3, 0.4) is 0 Å². The van der Waals surface area contributed by atoms with Gasteiger partial charge in [-0.05, 0) is 30.9 Å². The van der Waals surface area contributed by atoms with E-state index >= 15 is 0 Å². The number of nitro benzene ring substituents is 1. The largest absolute Gasteiger partial charge is 0.481 e. The SMILES string of the molecule is N#Cc1ccc(N2CCCC(CC(=O)O)C2)cc1[N+](=O)[O-]. The first-order chi connectivity index (χ1) is 10.0. The summed E-state index contributed by atoms with van der Waals surface area (Å²) in [5, 5.41) is 28.7. The van der Waals surface area contributed by atoms with Gasteiger partial charge in [0.25, 0.3) is 5.69 Å². The summed E-state index contributed by atoms with van der Waals surface area (Å²) in [6.45, 7) is 1.30. The van der Waals surface area contributed by atoms with Crippen molar-refractivity contribution in [2.75, 3.05) is 18.0 Å². The van der Waals surface area contributed by atoms with E-state index in [9.17, 15) is 14.9 Å². The van der Waals surface area contributed by atoms with E-state index in [2.05, 4.69) is 0 Å². The molecule has 1 saturated heterocycles. The number of nitrogens with zero attached hydrogens (tertiary/aromatic N) is 3. The molecular formula is C14H15N3O4. The molecule has 1 aromatic rings. The van der Waals surface area contributed by atoms with E-state index < -0.39 is 10.9 Å². The summed E-state index contributed by atoms with van der Waals surface area (Å²) >= 11 is 0. The number of nitriles is 1. The lowest BCUT2D eigenvalue weighted by Gasteiger charge is -2.33. The quantitative estimate of drug-likeness (QED) is 0.672. The molecule has 1 aliphatic rings. The minimum absolute atomic E-state index is 0.0304. The van der Waals surface area contributed by atoms with Gasteiger partial charge in [-0.3, -0.25) is 14.9 Å². The predicted molar refractivity (Wildman–Crippen MR) is 75.0 cm³/mol. The molecule has 1 atom stereocenters. The lowest BCUT2D eigenvalue weighted by Crippen LogP contribution is -2.36. The molecule has 7 heteroatoms. The second-order valence-corrected chi connectivity index (χ2v) is 5.12. The molecule has 0 radical (unpaired) electrons. The molecule has 1 N–H and O–H groups in total. The Hall–Kier alpha value is -2.62. The van der Waals surface area contributed by atoms with Crippen LogP contribution >= 0.6 is 0 Å². The van der Waals surface area contributed by atoms with Crippen molar-refractivity contribution in [1.82, 2.24) is 0 Å². The lowest BCUT2D eigenvalue weighted by molar-refractivity contribution is -0.385. The molecule has 0 amide bonds. The van der Waals surface area contributed by atoms with E-state index in [1.165, 1.54) is 12.1 Å². The number of nitro groups is 1. The number of anilines is 1. The highest BCUT2D eigenvalue weighted by atomic mass is 16.6. The molecule has 0 spiro atoms. The number of piperidine rings is 1. The van der Waals surface area contributed by atoms with Crippen LogP contribution in [-0.2, 0) is 4.79 Å². The lowest BCUT2D eigenvalue weighted by atomic mass is 9.94. The maximum absolute atomic E-state index is 11.0. The third-order valence-electron chi connectivity index (χ3n) is 3.65. The smallest absolute Gasteiger partial charge is 0.303 e. The first-order valence-corrected chi connectivity index (χ1v) is 6.66. The van der Waals surface area contributed by atoms with Crippen molar-refractivity contribution < 1.29 is 14.8 Å². The van der Waals surface area contributed by atoms with Crippen LogP contribution in [0.5, 0.6) is 0 Å². The second-order valence-electron chi connectivity index (χ2n) is 5.12. The molecule has 21 heavy (non-hydrogen) atoms. The first kappa shape index (κ1) is 14.8. The van der Waals surface area contributed by atoms with Gasteiger partial charge in [0.05, 0.1) is 4.92 Å². The summed E-state index contributed by atoms with van der Waals surface area (Å²) in [5.41, 5.74) is 0.481. The predicted octanol–water partition coefficient (Wildman–Crippen LogP) is 2.16. The maximum atomic E-state index is 11.0. The molecule has 0 saturated carbocycles. The van der Waals surface area contributed by atoms with Crippen LogP contribution in [0.4, 0.5) is 11.4 Å². The Morgan fingerprint density at radius 1 is 1.57 bits per heavy atom. The van der Waals surface area contributed by atoms with Gasteiger partial charge < -0.3 is 10.0 Å². The monoisotopic (exact) mass is 289 g/mol. The van der Waals surface area contributed by atoms with E-state index in [-0.39, 0.29) is 23.6 Å². The number of aliphatic carboxylic acids is 1. The molecule has 2 rings (SSSR count). The molecule has 0 bridgehead atoms. The third-order valence-corrected chi connectivity index (χ3v) is 3.65. The Bertz CT molecular complexity index is 609. The van der Waals surface area contributed by atoms with Crippen molar-refractivity contribution in [2.24, 2.45) is 5.92 Å². The van der Waals surface area contributed by atoms with Crippen molar-refractivity contribution in [3.05, 3.63) is 33.9 Å². The zero-order valence-corrected chi connectivity index (χ0v) is 11.4. The Morgan fingerprint density at radius 2 is 2.33 bits per heavy atom. The van der Waals surface area contributed by atoms with Crippen molar-refractivity contribution in [3.8, 4) is 6.07 Å². The van der Waals surface area contributed by atoms with Gasteiger partial charge in [-0.1, -0.05) is 0 Å². The summed E-state index contributed by atoms with van der Waals surface area (Å²) in [4.78, 5) is 23.2. The molecule has 1 aliphatic heterocycles. The number of hydrogen-bond acceptors (Lipinski definition) is 5. The molecule has 0 aliphatic carbocycles. The Balaban J connectivity index is 2.21. The van der Waals surface area contributed by atoms with Crippen LogP contribution in [-0.4, -0.2) is 29.1 Å². The Morgan fingerprint density at radius 3 is 2.95 bits per heavy atom. The normalized spacial score (nSPS) is 18.0. The first-order valence-electron chi connectivity index (χ1n) is 6.66. The fourth-order valence-electron chi connectivity index (χ4n) is 2.68. The van der Waals surface area contributed by atoms with Gasteiger partial charge in [0.15, 0.2) is 0 Å². The van der Waals surface area contributed by atoms with Gasteiger partial charge in [-0.2, -0.15) is 5.26 Å². The highest BCUT2D eigenvalue weighted by molar-refractivity contribution is 5.67. The number of rotatable bonds is 4. The molecule has 1 heterocycles. The second kappa shape index (κ2) is 6.22. The summed E-state index contributed by atoms with van der Waals surface area (Å²) in [7, 11) is 0. The number of carbonyl (C=O) groups is 1. The minimum atomic E-state index is -0.826. The van der Waals surface area contributed by atoms with Crippen LogP contribution < -0.4 is 4.90 Å². The summed E-state index contributed by atoms with van der Waals surface area (Å²) in [5.74, 6) is -0.779. The molecule has 0 aromatic heterocycles. The van der Waals surface area contributed by atoms with Crippen LogP contribution in [0.2, 0.25) is 0 Å². The zero-order chi connectivity index (χ0) is 15.4. The van der Waals surface area contributed by atoms with Crippen LogP contribution in [0.25, 0.3) is 0 Å². The van der Waals surface area contributed by atoms with Gasteiger partial charge in [0.1, 0.15) is 11.6 Å². The fraction of sp³-hybridized carbons (Fsp3) is 0.429. The maximum Gasteiger partial charge on any atom is 0.303 e. The Kier molecular flexibility index (Phi) is 4.38. The van der Waals surface area contributed by atoms with Crippen molar-refractivity contribution in [2.45, 2.75) is 19.3 Å². The summed E-state index contributed by atoms with van der Waals surface area (Å²) in [6.07, 6.45) is 1.81. The van der Waals surface area contributed by atoms with Crippen LogP contribution in [0.1, 0.15) is 24.8 Å². The van der Waals surface area contributed by atoms with Gasteiger partial charge in [0, 0.05) is 31.3 Å². The van der Waals surface area contributed by atoms with E-state index in [0.717, 1.165) is 19.4 Å². The van der Waals surface area contributed by atoms with Crippen molar-refractivity contribution in [1.29, 1.82) is 5.26 Å². The van der Waals surface area contributed by atoms with E-state index in [0.29, 0.717) is 12.2 Å². The number of carboxylic acids is 1. The van der Waals surface area contributed by atoms with Crippen LogP contribution in [0.15, 0.2) is 18.2 Å². The number of hydrogen-bond donors (Lipinski definition) is 1. The zero-order valence-electron chi connectivity index (χ0n) is 11.4. The van der Waals surface area contributed by atoms with E-state index in [1.807, 2.05) is 4.90 Å². The Labute approximate surface area is 121 Å². The molecular weight excluding hydrogens is 274 g/mol. The highest BCUT2D eigenvalue weighted by Gasteiger charge is 2.24. The topological polar surface area (TPSA) is 107 Å². The average Bonchev–Trinajstić information content (AvgIpc) is 2.46. The van der Waals surface area contributed by atoms with E-state index in [1.54, 1.807) is 12.1 Å². The number of carboxylic acid groups (broad SMARTS) is 1. The molecule has 1 unspecified atom stereocenters. The molecule has 1 aromatic carbocycles. The van der Waals surface area contributed by atoms with Crippen molar-refractivity contribution in [3.63, 3.8) is 0 Å². The third kappa shape index (κ3) is 3.48. The van der Waals surface area contributed by atoms with Crippen molar-refractivity contribution >= 4 is 17.3 Å². The van der Waals surface area contributed by atoms with Gasteiger partial charge >= 0.3 is 5.97 Å². The highest BCUT2D eigenvalue weighted by Crippen LogP contribution is 2.29. The fourth-order valence-corrected chi connectivity index (χ4v) is 2.68. The summed E-state index contributed by atoms with van der Waals surface area (Å²) < 4.78 is 0. The van der Waals surface area contributed by atoms with E-state index in [4.69, 9.17) is 10.4 Å². The van der Waals surface area contributed by atoms with Gasteiger partial charge in [-0.15, -0.1) is 0 Å². The van der Waals surface area contributed by atoms with Crippen LogP contribution in [0, 0.1) is 27.4 Å². The average molecular weight is 289 g/mol. The molecule has 110 valence electrons. The summed E-state index contributed by atoms with van der Waals surface area (Å²) in [6, 6.07) is 6.31. The minimum Gasteiger partial charge on any atom is -0.481 e. The standard InChI is InChI=1S/C14H15N3O4/c15-8-11-3-4-12(7-13(11)17(20)21)16-5-1-2-10(9-16)6-14(18)19/h3-4,7,10H,1-2,5-6,9H2,(H,18,19). The van der Waals surface area contributed by atoms with Gasteiger partial charge in [0.2, 0.25) is 0 Å². The number of benzene rings is 1. The van der Waals surface area contributed by atoms with Gasteiger partial charge in [-0.25, -0.2) is 0 Å². The molecule has 7 nitrogen and oxygen atoms in total. The molecule has 1 fully saturated rings.